The number of phosphoric ester groups is 1. The number of carboxylic acids is 1. The van der Waals surface area contributed by atoms with Crippen LogP contribution in [0.25, 0.3) is 22.0 Å². The lowest BCUT2D eigenvalue weighted by Gasteiger charge is -2.23. The molecule has 0 aliphatic heterocycles. The first kappa shape index (κ1) is 64.5. The summed E-state index contributed by atoms with van der Waals surface area (Å²) in [7, 11) is -14.3. The SMILES string of the molecule is CC(C)(C#Cc1ccc(-c2ccc(Cl)c3c(N(C(=O)OCCN(CCC(=O)O)C(=O)OCOP(=O)(O)O)S(C)(=O)=O)nn(CC(F)(F)F)c23)c([C@H](Cc2cc(F)cc(F)c2)NC(=O)Cn2nc(C(F)(F)F)c3c2C(F)(F)[C@@H]2C[C@H]32)n1)S(C)(=O)=O. The molecule has 84 heavy (non-hydrogen) atoms. The molecule has 3 atom stereocenters. The van der Waals surface area contributed by atoms with E-state index in [0.717, 1.165) is 42.7 Å². The molecule has 5 aromatic rings. The molecule has 456 valence electrons. The number of alkyl halides is 8. The number of ether oxygens (including phenoxy) is 2. The molecule has 1 saturated carbocycles. The standard InChI is InChI=1S/C47H44ClF10N8O15PS2/c1-44(2,83(3,75)76)11-9-26-5-6-27(37(59-26)32(17-23-15-24(49)18-25(50)16-23)60-33(67)20-64-40-35(39(61-64)47(56,57)58)29-19-30(29)46(40,54)55)28-7-8-31(48)36-38(28)65(21-45(51,52)53)62-41(36)66(84(4,77)78)43(71)79-14-13-63(12-10-34(68)69)42(70)80-22-81-82(72,73)74/h5-8,15-16,18,29-30,32H,10,12-14,17,19-22H2,1-4H3,(H,60,67)(H,68,69)(H2,72,73,74)/t29-,30+,32-/m0/s1. The minimum absolute atomic E-state index is 0.115. The summed E-state index contributed by atoms with van der Waals surface area (Å²) in [6, 6.07) is 4.09. The maximum absolute atomic E-state index is 15.7. The predicted octanol–water partition coefficient (Wildman–Crippen LogP) is 7.17. The van der Waals surface area contributed by atoms with E-state index >= 15 is 8.78 Å². The maximum atomic E-state index is 15.7. The second kappa shape index (κ2) is 23.4. The Hall–Kier alpha value is -7.09. The lowest BCUT2D eigenvalue weighted by atomic mass is 9.93. The molecule has 0 radical (unpaired) electrons. The van der Waals surface area contributed by atoms with Crippen LogP contribution in [0.1, 0.15) is 72.6 Å². The molecule has 1 fully saturated rings. The van der Waals surface area contributed by atoms with Gasteiger partial charge in [-0.25, -0.2) is 49.3 Å². The van der Waals surface area contributed by atoms with Gasteiger partial charge in [-0.1, -0.05) is 23.6 Å². The molecule has 2 aliphatic carbocycles. The van der Waals surface area contributed by atoms with Crippen molar-refractivity contribution >= 4 is 80.1 Å². The number of hydrogen-bond donors (Lipinski definition) is 4. The van der Waals surface area contributed by atoms with Crippen LogP contribution >= 0.6 is 19.4 Å². The van der Waals surface area contributed by atoms with Crippen molar-refractivity contribution < 1.29 is 113 Å². The van der Waals surface area contributed by atoms with Crippen molar-refractivity contribution in [3.63, 3.8) is 0 Å². The van der Waals surface area contributed by atoms with Gasteiger partial charge in [0.25, 0.3) is 5.92 Å². The Bertz CT molecular complexity index is 3810. The zero-order valence-corrected chi connectivity index (χ0v) is 46.7. The van der Waals surface area contributed by atoms with Gasteiger partial charge in [0.1, 0.15) is 47.5 Å². The van der Waals surface area contributed by atoms with Crippen LogP contribution in [-0.2, 0) is 79.6 Å². The van der Waals surface area contributed by atoms with Crippen molar-refractivity contribution in [1.82, 2.24) is 34.8 Å². The number of sulfonamides is 1. The highest BCUT2D eigenvalue weighted by Crippen LogP contribution is 2.68. The Morgan fingerprint density at radius 3 is 2.15 bits per heavy atom. The van der Waals surface area contributed by atoms with Crippen molar-refractivity contribution in [1.29, 1.82) is 0 Å². The number of phosphoric acid groups is 1. The summed E-state index contributed by atoms with van der Waals surface area (Å²) in [5.41, 5.74) is -6.76. The van der Waals surface area contributed by atoms with Gasteiger partial charge in [-0.2, -0.15) is 49.6 Å². The third-order valence-electron chi connectivity index (χ3n) is 12.8. The highest BCUT2D eigenvalue weighted by Gasteiger charge is 2.68. The molecule has 3 aromatic heterocycles. The normalized spacial score (nSPS) is 16.2. The van der Waals surface area contributed by atoms with E-state index in [1.165, 1.54) is 13.8 Å². The lowest BCUT2D eigenvalue weighted by molar-refractivity contribution is -0.143. The van der Waals surface area contributed by atoms with Crippen LogP contribution in [0, 0.1) is 29.4 Å². The molecule has 23 nitrogen and oxygen atoms in total. The van der Waals surface area contributed by atoms with Gasteiger partial charge in [-0.3, -0.25) is 19.0 Å². The van der Waals surface area contributed by atoms with Crippen molar-refractivity contribution in [2.75, 3.05) is 43.3 Å². The molecule has 0 bridgehead atoms. The van der Waals surface area contributed by atoms with Gasteiger partial charge in [0, 0.05) is 41.5 Å². The zero-order chi connectivity index (χ0) is 62.6. The van der Waals surface area contributed by atoms with Crippen LogP contribution in [0.15, 0.2) is 42.5 Å². The number of sulfone groups is 1. The highest BCUT2D eigenvalue weighted by molar-refractivity contribution is 7.93. The number of benzene rings is 2. The topological polar surface area (TPSA) is 309 Å². The van der Waals surface area contributed by atoms with Gasteiger partial charge in [0.2, 0.25) is 22.7 Å². The Labute approximate surface area is 473 Å². The van der Waals surface area contributed by atoms with E-state index in [1.807, 2.05) is 0 Å². The van der Waals surface area contributed by atoms with Crippen molar-refractivity contribution in [2.24, 2.45) is 5.92 Å². The fourth-order valence-corrected chi connectivity index (χ4v) is 10.3. The summed E-state index contributed by atoms with van der Waals surface area (Å²) in [5, 5.41) is 17.3. The van der Waals surface area contributed by atoms with Crippen molar-refractivity contribution in [3.8, 4) is 23.0 Å². The zero-order valence-electron chi connectivity index (χ0n) is 43.4. The number of carbonyl (C=O) groups is 4. The molecule has 3 amide bonds. The van der Waals surface area contributed by atoms with Gasteiger partial charge in [-0.15, -0.1) is 0 Å². The number of nitrogens with one attached hydrogen (secondary N) is 1. The second-order valence-corrected chi connectivity index (χ2v) is 25.5. The van der Waals surface area contributed by atoms with E-state index in [-0.39, 0.29) is 25.7 Å². The molecule has 0 spiro atoms. The van der Waals surface area contributed by atoms with Crippen molar-refractivity contribution in [2.45, 2.75) is 81.2 Å². The van der Waals surface area contributed by atoms with E-state index in [0.29, 0.717) is 17.2 Å². The van der Waals surface area contributed by atoms with E-state index in [9.17, 15) is 80.8 Å². The van der Waals surface area contributed by atoms with E-state index in [4.69, 9.17) is 26.1 Å². The summed E-state index contributed by atoms with van der Waals surface area (Å²) >= 11 is 6.63. The first-order chi connectivity index (χ1) is 38.6. The Morgan fingerprint density at radius 1 is 0.929 bits per heavy atom. The number of aliphatic carboxylic acids is 1. The van der Waals surface area contributed by atoms with Crippen LogP contribution in [0.3, 0.4) is 0 Å². The number of anilines is 1. The first-order valence-electron chi connectivity index (χ1n) is 23.9. The molecule has 7 rings (SSSR count). The Kier molecular flexibility index (Phi) is 18.0. The lowest BCUT2D eigenvalue weighted by Crippen LogP contribution is -2.40. The molecular weight excluding hydrogens is 1240 g/mol. The van der Waals surface area contributed by atoms with Gasteiger partial charge in [0.15, 0.2) is 21.3 Å². The number of fused-ring (bicyclic) bond motifs is 4. The molecular formula is C47H44ClF10N8O15PS2. The molecule has 0 saturated heterocycles. The van der Waals surface area contributed by atoms with Gasteiger partial charge in [-0.05, 0) is 74.4 Å². The van der Waals surface area contributed by atoms with E-state index in [2.05, 4.69) is 41.6 Å². The molecule has 0 unspecified atom stereocenters. The molecule has 2 aliphatic rings. The van der Waals surface area contributed by atoms with Gasteiger partial charge in [0.05, 0.1) is 46.9 Å². The predicted molar refractivity (Wildman–Crippen MR) is 270 cm³/mol. The largest absolute Gasteiger partial charge is 0.481 e. The Balaban J connectivity index is 1.40. The third kappa shape index (κ3) is 14.7. The second-order valence-electron chi connectivity index (χ2n) is 19.4. The number of aromatic nitrogens is 5. The number of pyridine rings is 1. The maximum Gasteiger partial charge on any atom is 0.472 e. The third-order valence-corrected chi connectivity index (χ3v) is 16.5. The number of carboxylic acid groups (broad SMARTS) is 1. The number of hydrogen-bond acceptors (Lipinski definition) is 15. The Morgan fingerprint density at radius 2 is 1.57 bits per heavy atom. The quantitative estimate of drug-likeness (QED) is 0.0260. The summed E-state index contributed by atoms with van der Waals surface area (Å²) in [6.07, 6.45) is -14.8. The number of amides is 3. The smallest absolute Gasteiger partial charge is 0.472 e. The molecule has 3 heterocycles. The monoisotopic (exact) mass is 1280 g/mol. The average Bonchev–Trinajstić information content (AvgIpc) is 1.54. The number of rotatable bonds is 20. The van der Waals surface area contributed by atoms with Crippen LogP contribution in [0.2, 0.25) is 5.02 Å². The van der Waals surface area contributed by atoms with Crippen LogP contribution in [0.5, 0.6) is 0 Å². The summed E-state index contributed by atoms with van der Waals surface area (Å²) in [4.78, 5) is 74.9. The number of nitrogens with zero attached hydrogens (tertiary/aromatic N) is 7. The van der Waals surface area contributed by atoms with Crippen LogP contribution in [0.4, 0.5) is 59.3 Å². The first-order valence-corrected chi connectivity index (χ1v) is 29.5. The number of halogens is 11. The summed E-state index contributed by atoms with van der Waals surface area (Å²) in [5.74, 6) is -8.23. The fraction of sp³-hybridized carbons (Fsp3) is 0.426. The molecule has 4 N–H and O–H groups in total. The fourth-order valence-electron chi connectivity index (χ4n) is 8.84. The van der Waals surface area contributed by atoms with E-state index < -0.39 is 218 Å². The molecule has 2 aromatic carbocycles. The summed E-state index contributed by atoms with van der Waals surface area (Å²) < 4.78 is 223. The summed E-state index contributed by atoms with van der Waals surface area (Å²) in [6.45, 7) is -5.16. The van der Waals surface area contributed by atoms with E-state index in [1.54, 1.807) is 0 Å². The van der Waals surface area contributed by atoms with Gasteiger partial charge >= 0.3 is 38.3 Å². The van der Waals surface area contributed by atoms with Gasteiger partial charge < -0.3 is 34.6 Å². The number of carbonyl (C=O) groups excluding carboxylic acids is 3. The van der Waals surface area contributed by atoms with Crippen LogP contribution in [-0.4, -0.2) is 135 Å². The minimum Gasteiger partial charge on any atom is -0.481 e. The van der Waals surface area contributed by atoms with Crippen LogP contribution < -0.4 is 9.62 Å². The average molecular weight is 1280 g/mol. The molecule has 37 heteroatoms. The minimum atomic E-state index is -5.28. The highest BCUT2D eigenvalue weighted by atomic mass is 35.5. The van der Waals surface area contributed by atoms with Crippen molar-refractivity contribution in [3.05, 3.63) is 93.0 Å².